The van der Waals surface area contributed by atoms with Gasteiger partial charge in [0.15, 0.2) is 5.76 Å². The van der Waals surface area contributed by atoms with Crippen molar-refractivity contribution < 1.29 is 48.0 Å². The van der Waals surface area contributed by atoms with Gasteiger partial charge >= 0.3 is 19.8 Å². The Morgan fingerprint density at radius 3 is 2.52 bits per heavy atom. The predicted molar refractivity (Wildman–Crippen MR) is 60.1 cm³/mol. The van der Waals surface area contributed by atoms with E-state index in [1.54, 1.807) is 6.92 Å². The summed E-state index contributed by atoms with van der Waals surface area (Å²) in [6.45, 7) is 1.92. The first-order valence-corrected chi connectivity index (χ1v) is 7.42. The number of carbonyl (C=O) groups is 1. The molecule has 0 aromatic rings. The van der Waals surface area contributed by atoms with Crippen molar-refractivity contribution in [3.63, 3.8) is 0 Å². The van der Waals surface area contributed by atoms with Gasteiger partial charge in [-0.3, -0.25) is 5.32 Å². The minimum Gasteiger partial charge on any atom is -0.505 e. The smallest absolute Gasteiger partial charge is 0.505 e. The summed E-state index contributed by atoms with van der Waals surface area (Å²) < 4.78 is 30.0. The van der Waals surface area contributed by atoms with Crippen LogP contribution in [0.4, 0.5) is 0 Å². The van der Waals surface area contributed by atoms with Crippen molar-refractivity contribution in [3.8, 4) is 0 Å². The Balaban J connectivity index is 1.96. The Morgan fingerprint density at radius 1 is 1.43 bits per heavy atom. The summed E-state index contributed by atoms with van der Waals surface area (Å²) in [5.41, 5.74) is -2.50. The average Bonchev–Trinajstić information content (AvgIpc) is 3.02. The van der Waals surface area contributed by atoms with Crippen molar-refractivity contribution in [2.24, 2.45) is 0 Å². The number of cyclic esters (lactones) is 1. The van der Waals surface area contributed by atoms with Crippen molar-refractivity contribution in [1.82, 2.24) is 5.32 Å². The van der Waals surface area contributed by atoms with E-state index in [0.29, 0.717) is 6.42 Å². The van der Waals surface area contributed by atoms with Crippen LogP contribution < -0.4 is 5.32 Å². The van der Waals surface area contributed by atoms with Gasteiger partial charge in [0.1, 0.15) is 0 Å². The van der Waals surface area contributed by atoms with E-state index in [1.165, 1.54) is 0 Å². The third-order valence-corrected chi connectivity index (χ3v) is 4.29. The molecule has 0 spiro atoms. The van der Waals surface area contributed by atoms with Gasteiger partial charge < -0.3 is 20.1 Å². The molecule has 3 saturated heterocycles. The van der Waals surface area contributed by atoms with E-state index in [2.05, 4.69) is 19.6 Å². The van der Waals surface area contributed by atoms with Gasteiger partial charge in [0, 0.05) is 0 Å². The zero-order chi connectivity index (χ0) is 15.5. The molecule has 0 saturated carbocycles. The van der Waals surface area contributed by atoms with E-state index in [4.69, 9.17) is 9.05 Å². The third kappa shape index (κ3) is 1.83. The fourth-order valence-corrected chi connectivity index (χ4v) is 3.26. The van der Waals surface area contributed by atoms with E-state index < -0.39 is 43.1 Å². The van der Waals surface area contributed by atoms with Gasteiger partial charge in [-0.1, -0.05) is 6.92 Å². The number of phosphoric acid groups is 1. The number of nitrogens with one attached hydrogen (secondary N) is 1. The number of rotatable bonds is 5. The Kier molecular flexibility index (Phi) is 3.08. The molecule has 3 fully saturated rings. The topological polar surface area (TPSA) is 153 Å². The van der Waals surface area contributed by atoms with Crippen LogP contribution in [0.3, 0.4) is 0 Å². The van der Waals surface area contributed by atoms with Gasteiger partial charge in [-0.05, 0) is 13.0 Å². The minimum absolute atomic E-state index is 0.153. The van der Waals surface area contributed by atoms with Crippen LogP contribution in [-0.2, 0) is 32.7 Å². The summed E-state index contributed by atoms with van der Waals surface area (Å²) in [5.74, 6) is -5.69. The second kappa shape index (κ2) is 4.40. The highest BCUT2D eigenvalue weighted by Crippen LogP contribution is 2.75. The molecule has 0 aliphatic carbocycles. The van der Waals surface area contributed by atoms with E-state index in [9.17, 15) is 24.7 Å². The van der Waals surface area contributed by atoms with E-state index in [0.717, 1.165) is 0 Å². The van der Waals surface area contributed by atoms with Crippen LogP contribution in [0.25, 0.3) is 0 Å². The number of hydrogen-bond acceptors (Lipinski definition) is 11. The lowest BCUT2D eigenvalue weighted by Crippen LogP contribution is -2.72. The maximum Gasteiger partial charge on any atom is 0.511 e. The van der Waals surface area contributed by atoms with Crippen molar-refractivity contribution in [2.45, 2.75) is 31.1 Å². The SMILES string of the molecule is CCCN[C@@](O)([C@H]1OC(=O)C(O)=C1O)C12OOP(=O)(O1)O2. The summed E-state index contributed by atoms with van der Waals surface area (Å²) >= 11 is 0. The monoisotopic (exact) mass is 325 g/mol. The van der Waals surface area contributed by atoms with Crippen molar-refractivity contribution in [3.05, 3.63) is 11.5 Å². The summed E-state index contributed by atoms with van der Waals surface area (Å²) in [5, 5.41) is 32.2. The number of esters is 1. The highest BCUT2D eigenvalue weighted by Gasteiger charge is 2.81. The first-order chi connectivity index (χ1) is 9.77. The molecule has 4 heterocycles. The molecule has 0 aromatic carbocycles. The molecule has 4 aliphatic rings. The number of aliphatic hydroxyl groups is 3. The maximum atomic E-state index is 11.5. The summed E-state index contributed by atoms with van der Waals surface area (Å²) in [6.07, 6.45) is -1.29. The summed E-state index contributed by atoms with van der Waals surface area (Å²) in [6, 6.07) is 0. The molecule has 118 valence electrons. The molecule has 4 N–H and O–H groups in total. The largest absolute Gasteiger partial charge is 0.511 e. The molecule has 11 nitrogen and oxygen atoms in total. The Morgan fingerprint density at radius 2 is 2.10 bits per heavy atom. The number of carbonyl (C=O) groups excluding carboxylic acids is 1. The van der Waals surface area contributed by atoms with Gasteiger partial charge in [-0.15, -0.1) is 4.67 Å². The van der Waals surface area contributed by atoms with Gasteiger partial charge in [0.2, 0.25) is 17.6 Å². The maximum absolute atomic E-state index is 11.5. The van der Waals surface area contributed by atoms with Crippen LogP contribution in [0, 0.1) is 0 Å². The zero-order valence-electron chi connectivity index (χ0n) is 10.6. The number of phosphoric ester groups is 1. The average molecular weight is 325 g/mol. The molecule has 12 heteroatoms. The number of fused-ring (bicyclic) bond motifs is 1. The van der Waals surface area contributed by atoms with Gasteiger partial charge in [-0.2, -0.15) is 4.89 Å². The summed E-state index contributed by atoms with van der Waals surface area (Å²) in [4.78, 5) is 15.9. The molecule has 0 unspecified atom stereocenters. The highest BCUT2D eigenvalue weighted by molar-refractivity contribution is 7.49. The second-order valence-electron chi connectivity index (χ2n) is 4.56. The van der Waals surface area contributed by atoms with Crippen molar-refractivity contribution in [1.29, 1.82) is 0 Å². The van der Waals surface area contributed by atoms with Crippen LogP contribution in [0.15, 0.2) is 11.5 Å². The normalized spacial score (nSPS) is 40.9. The van der Waals surface area contributed by atoms with Crippen LogP contribution in [0.5, 0.6) is 0 Å². The van der Waals surface area contributed by atoms with Gasteiger partial charge in [0.05, 0.1) is 0 Å². The van der Waals surface area contributed by atoms with Crippen molar-refractivity contribution >= 4 is 13.8 Å². The standard InChI is InChI=1S/C9H12NO10P/c1-2-3-10-8(14,6-4(11)5(12)7(13)16-6)9-17-20-21(15,18-9)19-9/h6,10-12,14H,2-3H2,1H3/t6-,8+,9?,21?/m0/s1. The minimum atomic E-state index is -3.91. The van der Waals surface area contributed by atoms with Gasteiger partial charge in [0.25, 0.3) is 0 Å². The lowest BCUT2D eigenvalue weighted by atomic mass is 10.0. The van der Waals surface area contributed by atoms with Crippen LogP contribution in [0.2, 0.25) is 0 Å². The quantitative estimate of drug-likeness (QED) is 0.228. The van der Waals surface area contributed by atoms with E-state index >= 15 is 0 Å². The summed E-state index contributed by atoms with van der Waals surface area (Å²) in [7, 11) is -3.91. The Hall–Kier alpha value is -1.20. The first-order valence-electron chi connectivity index (χ1n) is 5.96. The molecule has 4 rings (SSSR count). The first kappa shape index (κ1) is 14.7. The second-order valence-corrected chi connectivity index (χ2v) is 5.96. The molecular formula is C9H12NO10P. The Bertz CT molecular complexity index is 565. The number of aliphatic hydroxyl groups excluding tert-OH is 2. The van der Waals surface area contributed by atoms with Gasteiger partial charge in [-0.25, -0.2) is 18.4 Å². The molecule has 0 amide bonds. The van der Waals surface area contributed by atoms with E-state index in [1.807, 2.05) is 0 Å². The number of ether oxygens (including phenoxy) is 1. The fourth-order valence-electron chi connectivity index (χ4n) is 2.07. The Labute approximate surface area is 117 Å². The molecule has 0 radical (unpaired) electrons. The highest BCUT2D eigenvalue weighted by atomic mass is 31.2. The fraction of sp³-hybridized carbons (Fsp3) is 0.667. The molecular weight excluding hydrogens is 313 g/mol. The third-order valence-electron chi connectivity index (χ3n) is 3.10. The van der Waals surface area contributed by atoms with Crippen molar-refractivity contribution in [2.75, 3.05) is 6.54 Å². The van der Waals surface area contributed by atoms with Crippen LogP contribution in [-0.4, -0.2) is 45.6 Å². The molecule has 4 aliphatic heterocycles. The van der Waals surface area contributed by atoms with E-state index in [-0.39, 0.29) is 6.54 Å². The molecule has 0 aromatic heterocycles. The lowest BCUT2D eigenvalue weighted by Gasteiger charge is -2.44. The molecule has 2 bridgehead atoms. The zero-order valence-corrected chi connectivity index (χ0v) is 11.5. The van der Waals surface area contributed by atoms with Crippen LogP contribution in [0.1, 0.15) is 13.3 Å². The lowest BCUT2D eigenvalue weighted by molar-refractivity contribution is -0.449. The molecule has 2 atom stereocenters. The molecule has 21 heavy (non-hydrogen) atoms. The number of hydrogen-bond donors (Lipinski definition) is 4. The van der Waals surface area contributed by atoms with Crippen LogP contribution >= 0.6 is 7.82 Å². The predicted octanol–water partition coefficient (Wildman–Crippen LogP) is -0.302.